The Hall–Kier alpha value is -3.37. The average molecular weight is 685 g/mol. The van der Waals surface area contributed by atoms with E-state index in [-0.39, 0.29) is 29.8 Å². The van der Waals surface area contributed by atoms with Gasteiger partial charge in [-0.25, -0.2) is 13.1 Å². The number of aromatic nitrogens is 1. The number of hydrogen-bond donors (Lipinski definition) is 1. The topological polar surface area (TPSA) is 101 Å². The van der Waals surface area contributed by atoms with Gasteiger partial charge in [-0.05, 0) is 106 Å². The number of carbonyl (C=O) groups is 2. The minimum absolute atomic E-state index is 0.235. The van der Waals surface area contributed by atoms with Crippen LogP contribution in [0, 0.1) is 5.92 Å². The van der Waals surface area contributed by atoms with Gasteiger partial charge in [-0.2, -0.15) is 0 Å². The molecule has 4 bridgehead atoms. The third kappa shape index (κ3) is 4.61. The maximum absolute atomic E-state index is 15.1. The molecule has 260 valence electrons. The summed E-state index contributed by atoms with van der Waals surface area (Å²) in [5.41, 5.74) is 6.69. The Morgan fingerprint density at radius 3 is 2.33 bits per heavy atom. The van der Waals surface area contributed by atoms with Gasteiger partial charge in [0.05, 0.1) is 29.4 Å². The van der Waals surface area contributed by atoms with Gasteiger partial charge in [0.25, 0.3) is 5.91 Å². The third-order valence-electron chi connectivity index (χ3n) is 13.3. The van der Waals surface area contributed by atoms with Gasteiger partial charge in [0.2, 0.25) is 15.9 Å². The molecule has 0 spiro atoms. The van der Waals surface area contributed by atoms with E-state index in [1.165, 1.54) is 24.8 Å². The Bertz CT molecular complexity index is 1960. The molecule has 9 nitrogen and oxygen atoms in total. The standard InChI is InChI=1S/C39H48N4O5S/c1-21(2)49(46,47)40-38(44)36-27-20-42-32(19-26-33(48-4)18-13-23(37(26)42)22-9-6-5-7-10-22)34-24(35(27)36)11-8-12-25(34)39(45)43-30-16-17-31(43)29-15-14-28(30)41(29)3/h8,11,13,18-19,21-22,25,28-31,34H,5-7,9-10,12,14-17,20H2,1-4H3,(H,40,44)/t25-,28?,29?,30?,31?,34?/m1/s1. The van der Waals surface area contributed by atoms with Crippen molar-refractivity contribution in [1.82, 2.24) is 19.1 Å². The summed E-state index contributed by atoms with van der Waals surface area (Å²) in [4.78, 5) is 33.7. The minimum atomic E-state index is -3.81. The molecule has 2 amide bonds. The lowest BCUT2D eigenvalue weighted by molar-refractivity contribution is -0.144. The summed E-state index contributed by atoms with van der Waals surface area (Å²) in [5.74, 6) is 0.349. The van der Waals surface area contributed by atoms with Gasteiger partial charge in [0.1, 0.15) is 5.75 Å². The van der Waals surface area contributed by atoms with Gasteiger partial charge < -0.3 is 14.2 Å². The smallest absolute Gasteiger partial charge is 0.265 e. The lowest BCUT2D eigenvalue weighted by atomic mass is 9.75. The van der Waals surface area contributed by atoms with Crippen molar-refractivity contribution >= 4 is 32.7 Å². The predicted molar refractivity (Wildman–Crippen MR) is 189 cm³/mol. The second-order valence-corrected chi connectivity index (χ2v) is 18.1. The van der Waals surface area contributed by atoms with Crippen LogP contribution in [0.3, 0.4) is 0 Å². The van der Waals surface area contributed by atoms with Crippen LogP contribution in [0.5, 0.6) is 5.75 Å². The van der Waals surface area contributed by atoms with Crippen LogP contribution in [0.1, 0.15) is 101 Å². The average Bonchev–Trinajstić information content (AvgIpc) is 3.37. The first kappa shape index (κ1) is 31.6. The van der Waals surface area contributed by atoms with Crippen LogP contribution in [0.25, 0.3) is 10.9 Å². The maximum atomic E-state index is 15.1. The molecule has 1 saturated carbocycles. The molecule has 3 saturated heterocycles. The van der Waals surface area contributed by atoms with E-state index in [0.717, 1.165) is 77.6 Å². The lowest BCUT2D eigenvalue weighted by Crippen LogP contribution is -2.61. The summed E-state index contributed by atoms with van der Waals surface area (Å²) < 4.78 is 36.4. The van der Waals surface area contributed by atoms with Crippen LogP contribution in [0.4, 0.5) is 0 Å². The largest absolute Gasteiger partial charge is 0.496 e. The summed E-state index contributed by atoms with van der Waals surface area (Å²) in [7, 11) is 0.149. The molecular formula is C39H48N4O5S. The second-order valence-electron chi connectivity index (χ2n) is 15.9. The van der Waals surface area contributed by atoms with Crippen LogP contribution in [0.15, 0.2) is 52.6 Å². The quantitative estimate of drug-likeness (QED) is 0.421. The Balaban J connectivity index is 1.21. The van der Waals surface area contributed by atoms with Crippen molar-refractivity contribution in [2.75, 3.05) is 14.2 Å². The first-order valence-corrected chi connectivity index (χ1v) is 20.1. The molecule has 49 heavy (non-hydrogen) atoms. The van der Waals surface area contributed by atoms with E-state index < -0.39 is 21.2 Å². The number of likely N-dealkylation sites (N-methyl/N-ethyl adjacent to an activating group) is 1. The van der Waals surface area contributed by atoms with Gasteiger partial charge in [-0.15, -0.1) is 0 Å². The van der Waals surface area contributed by atoms with E-state index in [0.29, 0.717) is 36.5 Å². The molecule has 9 rings (SSSR count). The summed E-state index contributed by atoms with van der Waals surface area (Å²) >= 11 is 0. The highest BCUT2D eigenvalue weighted by atomic mass is 32.2. The normalized spacial score (nSPS) is 30.8. The number of nitrogens with one attached hydrogen (secondary N) is 1. The number of ether oxygens (including phenoxy) is 1. The van der Waals surface area contributed by atoms with Gasteiger partial charge in [-0.3, -0.25) is 14.5 Å². The van der Waals surface area contributed by atoms with Crippen molar-refractivity contribution in [3.63, 3.8) is 0 Å². The highest BCUT2D eigenvalue weighted by Crippen LogP contribution is 2.56. The Morgan fingerprint density at radius 2 is 1.65 bits per heavy atom. The molecule has 0 radical (unpaired) electrons. The number of piperazine rings is 1. The van der Waals surface area contributed by atoms with Gasteiger partial charge >= 0.3 is 0 Å². The summed E-state index contributed by atoms with van der Waals surface area (Å²) in [5, 5.41) is 0.323. The number of nitrogens with zero attached hydrogens (tertiary/aromatic N) is 3. The number of methoxy groups -OCH3 is 1. The van der Waals surface area contributed by atoms with E-state index >= 15 is 4.79 Å². The zero-order chi connectivity index (χ0) is 33.9. The molecule has 1 aromatic carbocycles. The van der Waals surface area contributed by atoms with E-state index in [4.69, 9.17) is 4.74 Å². The molecule has 6 atom stereocenters. The Labute approximate surface area is 289 Å². The van der Waals surface area contributed by atoms with Crippen molar-refractivity contribution in [1.29, 1.82) is 0 Å². The third-order valence-corrected chi connectivity index (χ3v) is 15.0. The van der Waals surface area contributed by atoms with Crippen molar-refractivity contribution in [3.05, 3.63) is 63.9 Å². The highest BCUT2D eigenvalue weighted by molar-refractivity contribution is 7.90. The molecule has 7 aliphatic rings. The zero-order valence-corrected chi connectivity index (χ0v) is 29.9. The van der Waals surface area contributed by atoms with Crippen LogP contribution in [-0.2, 0) is 26.2 Å². The van der Waals surface area contributed by atoms with Gasteiger partial charge in [0.15, 0.2) is 0 Å². The van der Waals surface area contributed by atoms with Crippen LogP contribution in [-0.4, -0.2) is 78.2 Å². The number of amides is 2. The van der Waals surface area contributed by atoms with Crippen molar-refractivity contribution in [2.45, 2.75) is 126 Å². The van der Waals surface area contributed by atoms with E-state index in [9.17, 15) is 13.2 Å². The number of rotatable bonds is 6. The predicted octanol–water partition coefficient (Wildman–Crippen LogP) is 5.67. The molecule has 10 heteroatoms. The van der Waals surface area contributed by atoms with Crippen molar-refractivity contribution in [2.24, 2.45) is 5.92 Å². The molecule has 5 unspecified atom stereocenters. The lowest BCUT2D eigenvalue weighted by Gasteiger charge is -2.47. The van der Waals surface area contributed by atoms with Crippen LogP contribution in [0.2, 0.25) is 0 Å². The molecule has 1 aromatic heterocycles. The zero-order valence-electron chi connectivity index (χ0n) is 29.1. The molecule has 4 fully saturated rings. The number of carbonyl (C=O) groups excluding carboxylic acids is 2. The van der Waals surface area contributed by atoms with Gasteiger partial charge in [-0.1, -0.05) is 37.5 Å². The molecule has 1 N–H and O–H groups in total. The van der Waals surface area contributed by atoms with E-state index in [1.807, 2.05) is 0 Å². The molecule has 4 aliphatic heterocycles. The number of benzene rings is 1. The number of fused-ring (bicyclic) bond motifs is 12. The highest BCUT2D eigenvalue weighted by Gasteiger charge is 2.57. The summed E-state index contributed by atoms with van der Waals surface area (Å²) in [6.07, 6.45) is 15.2. The summed E-state index contributed by atoms with van der Waals surface area (Å²) in [6.45, 7) is 3.61. The SMILES string of the molecule is COc1ccc(C2CCCCC2)c2c1cc1n2CC2=C(C(=O)NS(=O)(=O)C(C)C)C2=C2C=CC[C@@H](C(=O)N3C4CCC3C3CCC4N3C)C21. The first-order chi connectivity index (χ1) is 23.6. The van der Waals surface area contributed by atoms with Gasteiger partial charge in [0, 0.05) is 47.7 Å². The number of sulfonamides is 1. The number of allylic oxidation sites excluding steroid dienone is 4. The first-order valence-electron chi connectivity index (χ1n) is 18.5. The minimum Gasteiger partial charge on any atom is -0.496 e. The maximum Gasteiger partial charge on any atom is 0.265 e. The molecular weight excluding hydrogens is 637 g/mol. The molecule has 2 aromatic rings. The summed E-state index contributed by atoms with van der Waals surface area (Å²) in [6, 6.07) is 7.93. The van der Waals surface area contributed by atoms with E-state index in [2.05, 4.69) is 56.5 Å². The monoisotopic (exact) mass is 684 g/mol. The van der Waals surface area contributed by atoms with E-state index in [1.54, 1.807) is 21.0 Å². The van der Waals surface area contributed by atoms with Crippen LogP contribution >= 0.6 is 0 Å². The fourth-order valence-corrected chi connectivity index (χ4v) is 11.5. The van der Waals surface area contributed by atoms with Crippen molar-refractivity contribution < 1.29 is 22.7 Å². The molecule has 3 aliphatic carbocycles. The van der Waals surface area contributed by atoms with Crippen LogP contribution < -0.4 is 9.46 Å². The van der Waals surface area contributed by atoms with Crippen molar-refractivity contribution in [3.8, 4) is 5.75 Å². The fraction of sp³-hybridized carbons (Fsp3) is 0.590. The second kappa shape index (κ2) is 11.3. The number of hydrogen-bond acceptors (Lipinski definition) is 6. The molecule has 5 heterocycles. The Morgan fingerprint density at radius 1 is 0.959 bits per heavy atom. The fourth-order valence-electron chi connectivity index (χ4n) is 10.9. The Kier molecular flexibility index (Phi) is 7.30.